The molecular weight excluding hydrogens is 301 g/mol. The Balaban J connectivity index is 2.14. The molecule has 2 N–H and O–H groups in total. The second kappa shape index (κ2) is 5.81. The lowest BCUT2D eigenvalue weighted by molar-refractivity contribution is 0.594. The third-order valence-electron chi connectivity index (χ3n) is 2.75. The fourth-order valence-electron chi connectivity index (χ4n) is 1.80. The molecule has 0 aromatic heterocycles. The fourth-order valence-corrected chi connectivity index (χ4v) is 3.42. The molecule has 0 saturated heterocycles. The van der Waals surface area contributed by atoms with Crippen LogP contribution in [0.3, 0.4) is 0 Å². The molecule has 0 radical (unpaired) electrons. The molecule has 2 aromatic carbocycles. The first-order valence-electron chi connectivity index (χ1n) is 5.84. The summed E-state index contributed by atoms with van der Waals surface area (Å²) in [6.45, 7) is 0. The Morgan fingerprint density at radius 1 is 1.00 bits per heavy atom. The molecule has 0 spiro atoms. The van der Waals surface area contributed by atoms with E-state index in [2.05, 4.69) is 0 Å². The molecule has 0 atom stereocenters. The molecule has 6 heteroatoms. The van der Waals surface area contributed by atoms with Crippen molar-refractivity contribution in [1.29, 1.82) is 0 Å². The van der Waals surface area contributed by atoms with Crippen molar-refractivity contribution in [3.05, 3.63) is 64.4 Å². The summed E-state index contributed by atoms with van der Waals surface area (Å²) in [6, 6.07) is 10.6. The van der Waals surface area contributed by atoms with Crippen LogP contribution in [0.1, 0.15) is 11.1 Å². The zero-order chi connectivity index (χ0) is 14.8. The van der Waals surface area contributed by atoms with Crippen LogP contribution < -0.4 is 5.73 Å². The molecule has 2 aromatic rings. The van der Waals surface area contributed by atoms with Crippen molar-refractivity contribution < 1.29 is 12.8 Å². The molecule has 0 bridgehead atoms. The topological polar surface area (TPSA) is 60.2 Å². The van der Waals surface area contributed by atoms with E-state index in [1.54, 1.807) is 24.3 Å². The number of anilines is 1. The van der Waals surface area contributed by atoms with Crippen LogP contribution in [0.25, 0.3) is 0 Å². The lowest BCUT2D eigenvalue weighted by Gasteiger charge is -2.06. The minimum absolute atomic E-state index is 0.00356. The first-order valence-corrected chi connectivity index (χ1v) is 8.04. The summed E-state index contributed by atoms with van der Waals surface area (Å²) in [5.41, 5.74) is 6.38. The van der Waals surface area contributed by atoms with E-state index in [-0.39, 0.29) is 17.2 Å². The predicted molar refractivity (Wildman–Crippen MR) is 78.6 cm³/mol. The maximum atomic E-state index is 13.3. The van der Waals surface area contributed by atoms with Gasteiger partial charge in [0, 0.05) is 5.02 Å². The highest BCUT2D eigenvalue weighted by molar-refractivity contribution is 7.89. The minimum Gasteiger partial charge on any atom is -0.396 e. The Labute approximate surface area is 122 Å². The predicted octanol–water partition coefficient (Wildman–Crippen LogP) is 3.18. The lowest BCUT2D eigenvalue weighted by Crippen LogP contribution is -2.08. The van der Waals surface area contributed by atoms with Crippen molar-refractivity contribution in [2.45, 2.75) is 11.5 Å². The number of nitrogens with two attached hydrogens (primary N) is 1. The van der Waals surface area contributed by atoms with Crippen LogP contribution in [0.15, 0.2) is 42.5 Å². The van der Waals surface area contributed by atoms with Crippen LogP contribution in [0.4, 0.5) is 10.1 Å². The number of nitrogen functional groups attached to an aromatic ring is 1. The van der Waals surface area contributed by atoms with Crippen molar-refractivity contribution >= 4 is 27.1 Å². The van der Waals surface area contributed by atoms with Gasteiger partial charge in [0.25, 0.3) is 0 Å². The molecule has 0 amide bonds. The van der Waals surface area contributed by atoms with Gasteiger partial charge in [0.15, 0.2) is 9.84 Å². The largest absolute Gasteiger partial charge is 0.396 e. The normalized spacial score (nSPS) is 11.5. The molecule has 0 aliphatic heterocycles. The van der Waals surface area contributed by atoms with Crippen LogP contribution in [-0.2, 0) is 21.3 Å². The molecule has 0 heterocycles. The molecule has 0 saturated carbocycles. The van der Waals surface area contributed by atoms with Gasteiger partial charge in [-0.3, -0.25) is 0 Å². The van der Waals surface area contributed by atoms with Gasteiger partial charge in [-0.1, -0.05) is 29.8 Å². The summed E-state index contributed by atoms with van der Waals surface area (Å²) in [5, 5.41) is 0.548. The van der Waals surface area contributed by atoms with Crippen LogP contribution in [0, 0.1) is 5.82 Å². The third kappa shape index (κ3) is 3.95. The summed E-state index contributed by atoms with van der Waals surface area (Å²) < 4.78 is 37.4. The second-order valence-electron chi connectivity index (χ2n) is 4.51. The van der Waals surface area contributed by atoms with Crippen LogP contribution in [0.2, 0.25) is 5.02 Å². The van der Waals surface area contributed by atoms with Crippen LogP contribution in [-0.4, -0.2) is 8.42 Å². The van der Waals surface area contributed by atoms with E-state index in [0.717, 1.165) is 6.07 Å². The summed E-state index contributed by atoms with van der Waals surface area (Å²) in [7, 11) is -3.38. The Hall–Kier alpha value is -1.59. The smallest absolute Gasteiger partial charge is 0.158 e. The molecule has 0 unspecified atom stereocenters. The quantitative estimate of drug-likeness (QED) is 0.882. The van der Waals surface area contributed by atoms with Gasteiger partial charge in [-0.25, -0.2) is 12.8 Å². The van der Waals surface area contributed by atoms with Crippen LogP contribution >= 0.6 is 11.6 Å². The van der Waals surface area contributed by atoms with Gasteiger partial charge in [0.2, 0.25) is 0 Å². The molecule has 0 aliphatic carbocycles. The van der Waals surface area contributed by atoms with Crippen molar-refractivity contribution in [1.82, 2.24) is 0 Å². The number of benzene rings is 2. The van der Waals surface area contributed by atoms with Crippen molar-refractivity contribution in [3.63, 3.8) is 0 Å². The molecular formula is C14H13ClFNO2S. The van der Waals surface area contributed by atoms with E-state index in [1.165, 1.54) is 12.1 Å². The molecule has 106 valence electrons. The van der Waals surface area contributed by atoms with Gasteiger partial charge in [-0.05, 0) is 35.4 Å². The van der Waals surface area contributed by atoms with Gasteiger partial charge < -0.3 is 5.73 Å². The standard InChI is InChI=1S/C14H13ClFNO2S/c15-12-4-1-10(2-5-12)8-20(18,19)9-11-3-6-14(17)13(16)7-11/h1-7H,8-9,17H2. The van der Waals surface area contributed by atoms with Gasteiger partial charge >= 0.3 is 0 Å². The van der Waals surface area contributed by atoms with E-state index in [0.29, 0.717) is 16.1 Å². The van der Waals surface area contributed by atoms with Gasteiger partial charge in [-0.15, -0.1) is 0 Å². The maximum absolute atomic E-state index is 13.3. The highest BCUT2D eigenvalue weighted by Gasteiger charge is 2.14. The Kier molecular flexibility index (Phi) is 4.30. The molecule has 0 aliphatic rings. The van der Waals surface area contributed by atoms with Crippen molar-refractivity contribution in [3.8, 4) is 0 Å². The van der Waals surface area contributed by atoms with E-state index in [1.807, 2.05) is 0 Å². The fraction of sp³-hybridized carbons (Fsp3) is 0.143. The van der Waals surface area contributed by atoms with E-state index < -0.39 is 15.7 Å². The van der Waals surface area contributed by atoms with E-state index >= 15 is 0 Å². The van der Waals surface area contributed by atoms with Crippen molar-refractivity contribution in [2.75, 3.05) is 5.73 Å². The highest BCUT2D eigenvalue weighted by atomic mass is 35.5. The zero-order valence-electron chi connectivity index (χ0n) is 10.5. The number of sulfone groups is 1. The summed E-state index contributed by atoms with van der Waals surface area (Å²) >= 11 is 5.74. The first kappa shape index (κ1) is 14.8. The van der Waals surface area contributed by atoms with Crippen LogP contribution in [0.5, 0.6) is 0 Å². The van der Waals surface area contributed by atoms with Gasteiger partial charge in [-0.2, -0.15) is 0 Å². The SMILES string of the molecule is Nc1ccc(CS(=O)(=O)Cc2ccc(Cl)cc2)cc1F. The maximum Gasteiger partial charge on any atom is 0.158 e. The summed E-state index contributed by atoms with van der Waals surface area (Å²) in [4.78, 5) is 0. The first-order chi connectivity index (χ1) is 9.35. The average molecular weight is 314 g/mol. The lowest BCUT2D eigenvalue weighted by atomic mass is 10.2. The Bertz CT molecular complexity index is 714. The van der Waals surface area contributed by atoms with E-state index in [9.17, 15) is 12.8 Å². The molecule has 20 heavy (non-hydrogen) atoms. The molecule has 2 rings (SSSR count). The Morgan fingerprint density at radius 2 is 1.55 bits per heavy atom. The number of rotatable bonds is 4. The number of halogens is 2. The third-order valence-corrected chi connectivity index (χ3v) is 4.55. The summed E-state index contributed by atoms with van der Waals surface area (Å²) in [5.74, 6) is -0.951. The Morgan fingerprint density at radius 3 is 2.15 bits per heavy atom. The zero-order valence-corrected chi connectivity index (χ0v) is 12.1. The monoisotopic (exact) mass is 313 g/mol. The van der Waals surface area contributed by atoms with Crippen molar-refractivity contribution in [2.24, 2.45) is 0 Å². The van der Waals surface area contributed by atoms with Gasteiger partial charge in [0.1, 0.15) is 5.82 Å². The number of hydrogen-bond acceptors (Lipinski definition) is 3. The second-order valence-corrected chi connectivity index (χ2v) is 7.02. The van der Waals surface area contributed by atoms with Gasteiger partial charge in [0.05, 0.1) is 17.2 Å². The average Bonchev–Trinajstić information content (AvgIpc) is 2.36. The minimum atomic E-state index is -3.38. The molecule has 3 nitrogen and oxygen atoms in total. The van der Waals surface area contributed by atoms with E-state index in [4.69, 9.17) is 17.3 Å². The summed E-state index contributed by atoms with van der Waals surface area (Å²) in [6.07, 6.45) is 0. The highest BCUT2D eigenvalue weighted by Crippen LogP contribution is 2.17. The number of hydrogen-bond donors (Lipinski definition) is 1. The molecule has 0 fully saturated rings.